The first kappa shape index (κ1) is 13.0. The zero-order chi connectivity index (χ0) is 11.8. The summed E-state index contributed by atoms with van der Waals surface area (Å²) in [6.45, 7) is 5.55. The molecule has 0 aliphatic rings. The predicted molar refractivity (Wildman–Crippen MR) is 64.6 cm³/mol. The van der Waals surface area contributed by atoms with Crippen LogP contribution in [0.15, 0.2) is 18.2 Å². The highest BCUT2D eigenvalue weighted by molar-refractivity contribution is 5.40. The maximum absolute atomic E-state index is 12.1. The zero-order valence-electron chi connectivity index (χ0n) is 10.1. The molecule has 0 radical (unpaired) electrons. The van der Waals surface area contributed by atoms with Gasteiger partial charge in [0.05, 0.1) is 0 Å². The molecule has 2 nitrogen and oxygen atoms in total. The minimum absolute atomic E-state index is 0.131. The molecule has 1 aromatic carbocycles. The first-order chi connectivity index (χ1) is 7.79. The van der Waals surface area contributed by atoms with E-state index in [1.807, 2.05) is 25.1 Å². The van der Waals surface area contributed by atoms with Gasteiger partial charge in [-0.3, -0.25) is 0 Å². The molecule has 1 aromatic rings. The van der Waals surface area contributed by atoms with Crippen molar-refractivity contribution in [2.45, 2.75) is 26.8 Å². The molecule has 0 aromatic heterocycles. The second-order valence-electron chi connectivity index (χ2n) is 3.78. The summed E-state index contributed by atoms with van der Waals surface area (Å²) in [5.41, 5.74) is 2.16. The second kappa shape index (κ2) is 7.23. The lowest BCUT2D eigenvalue weighted by atomic mass is 10.1. The molecule has 1 N–H and O–H groups in total. The van der Waals surface area contributed by atoms with Gasteiger partial charge in [0.2, 0.25) is 0 Å². The number of nitrogens with one attached hydrogen (secondary N) is 1. The quantitative estimate of drug-likeness (QED) is 0.720. The van der Waals surface area contributed by atoms with Gasteiger partial charge in [-0.05, 0) is 25.5 Å². The Bertz CT molecular complexity index is 315. The van der Waals surface area contributed by atoms with Crippen LogP contribution >= 0.6 is 0 Å². The molecule has 3 heteroatoms. The van der Waals surface area contributed by atoms with E-state index < -0.39 is 6.67 Å². The van der Waals surface area contributed by atoms with Crippen molar-refractivity contribution in [3.8, 4) is 5.75 Å². The summed E-state index contributed by atoms with van der Waals surface area (Å²) >= 11 is 0. The van der Waals surface area contributed by atoms with Crippen molar-refractivity contribution in [2.75, 3.05) is 19.8 Å². The number of benzene rings is 1. The Hall–Kier alpha value is -1.09. The van der Waals surface area contributed by atoms with Crippen LogP contribution in [0.2, 0.25) is 0 Å². The molecule has 0 fully saturated rings. The van der Waals surface area contributed by atoms with Crippen molar-refractivity contribution in [3.05, 3.63) is 29.3 Å². The zero-order valence-corrected chi connectivity index (χ0v) is 10.1. The highest BCUT2D eigenvalue weighted by atomic mass is 19.1. The van der Waals surface area contributed by atoms with Crippen molar-refractivity contribution in [1.82, 2.24) is 5.32 Å². The van der Waals surface area contributed by atoms with Crippen molar-refractivity contribution >= 4 is 0 Å². The molecule has 0 heterocycles. The van der Waals surface area contributed by atoms with Crippen LogP contribution < -0.4 is 10.1 Å². The lowest BCUT2D eigenvalue weighted by Crippen LogP contribution is -2.15. The van der Waals surface area contributed by atoms with Gasteiger partial charge in [0.15, 0.2) is 0 Å². The van der Waals surface area contributed by atoms with Crippen LogP contribution in [0.1, 0.15) is 24.5 Å². The van der Waals surface area contributed by atoms with E-state index in [4.69, 9.17) is 4.74 Å². The highest BCUT2D eigenvalue weighted by Gasteiger charge is 2.06. The lowest BCUT2D eigenvalue weighted by Gasteiger charge is -2.13. The Morgan fingerprint density at radius 3 is 2.88 bits per heavy atom. The number of ether oxygens (including phenoxy) is 1. The van der Waals surface area contributed by atoms with Gasteiger partial charge in [-0.1, -0.05) is 25.1 Å². The van der Waals surface area contributed by atoms with Gasteiger partial charge in [-0.25, -0.2) is 4.39 Å². The van der Waals surface area contributed by atoms with E-state index in [1.54, 1.807) is 0 Å². The van der Waals surface area contributed by atoms with E-state index in [0.29, 0.717) is 0 Å². The number of halogens is 1. The van der Waals surface area contributed by atoms with Crippen LogP contribution in [0.4, 0.5) is 4.39 Å². The summed E-state index contributed by atoms with van der Waals surface area (Å²) in [6, 6.07) is 6.00. The summed E-state index contributed by atoms with van der Waals surface area (Å²) in [6.07, 6.45) is 1.10. The summed E-state index contributed by atoms with van der Waals surface area (Å²) < 4.78 is 17.5. The molecule has 0 spiro atoms. The van der Waals surface area contributed by atoms with Gasteiger partial charge < -0.3 is 10.1 Å². The first-order valence-electron chi connectivity index (χ1n) is 5.77. The predicted octanol–water partition coefficient (Wildman–Crippen LogP) is 2.84. The van der Waals surface area contributed by atoms with Crippen LogP contribution in [-0.2, 0) is 6.54 Å². The Balaban J connectivity index is 2.68. The third-order valence-corrected chi connectivity index (χ3v) is 2.36. The number of aryl methyl sites for hydroxylation is 1. The van der Waals surface area contributed by atoms with Gasteiger partial charge in [0.1, 0.15) is 19.0 Å². The van der Waals surface area contributed by atoms with Crippen molar-refractivity contribution in [3.63, 3.8) is 0 Å². The van der Waals surface area contributed by atoms with E-state index in [2.05, 4.69) is 12.2 Å². The topological polar surface area (TPSA) is 21.3 Å². The molecule has 90 valence electrons. The molecule has 0 amide bonds. The third-order valence-electron chi connectivity index (χ3n) is 2.36. The van der Waals surface area contributed by atoms with Crippen molar-refractivity contribution < 1.29 is 9.13 Å². The average Bonchev–Trinajstić information content (AvgIpc) is 2.28. The molecule has 0 atom stereocenters. The maximum Gasteiger partial charge on any atom is 0.126 e. The number of alkyl halides is 1. The van der Waals surface area contributed by atoms with Crippen LogP contribution in [0.25, 0.3) is 0 Å². The van der Waals surface area contributed by atoms with E-state index >= 15 is 0 Å². The minimum Gasteiger partial charge on any atom is -0.490 e. The van der Waals surface area contributed by atoms with E-state index in [-0.39, 0.29) is 6.61 Å². The SMILES string of the molecule is CCCNCc1cccc(C)c1OCCF. The second-order valence-corrected chi connectivity index (χ2v) is 3.78. The number of hydrogen-bond acceptors (Lipinski definition) is 2. The van der Waals surface area contributed by atoms with E-state index in [9.17, 15) is 4.39 Å². The standard InChI is InChI=1S/C13H20FNO/c1-3-8-15-10-12-6-4-5-11(2)13(12)16-9-7-14/h4-6,15H,3,7-10H2,1-2H3. The average molecular weight is 225 g/mol. The maximum atomic E-state index is 12.1. The van der Waals surface area contributed by atoms with Gasteiger partial charge in [0.25, 0.3) is 0 Å². The molecular formula is C13H20FNO. The first-order valence-corrected chi connectivity index (χ1v) is 5.77. The van der Waals surface area contributed by atoms with Gasteiger partial charge >= 0.3 is 0 Å². The fourth-order valence-electron chi connectivity index (χ4n) is 1.60. The monoisotopic (exact) mass is 225 g/mol. The van der Waals surface area contributed by atoms with Gasteiger partial charge in [0, 0.05) is 12.1 Å². The van der Waals surface area contributed by atoms with Crippen molar-refractivity contribution in [1.29, 1.82) is 0 Å². The lowest BCUT2D eigenvalue weighted by molar-refractivity contribution is 0.269. The Labute approximate surface area is 96.8 Å². The van der Waals surface area contributed by atoms with Crippen LogP contribution in [-0.4, -0.2) is 19.8 Å². The summed E-state index contributed by atoms with van der Waals surface area (Å²) in [4.78, 5) is 0. The van der Waals surface area contributed by atoms with Crippen LogP contribution in [0.5, 0.6) is 5.75 Å². The number of para-hydroxylation sites is 1. The molecule has 0 unspecified atom stereocenters. The van der Waals surface area contributed by atoms with E-state index in [0.717, 1.165) is 36.4 Å². The van der Waals surface area contributed by atoms with Crippen LogP contribution in [0, 0.1) is 6.92 Å². The van der Waals surface area contributed by atoms with Gasteiger partial charge in [-0.2, -0.15) is 0 Å². The molecule has 0 aliphatic heterocycles. The number of hydrogen-bond donors (Lipinski definition) is 1. The molecule has 16 heavy (non-hydrogen) atoms. The Kier molecular flexibility index (Phi) is 5.86. The molecule has 0 aliphatic carbocycles. The molecule has 0 saturated heterocycles. The largest absolute Gasteiger partial charge is 0.490 e. The Morgan fingerprint density at radius 1 is 1.38 bits per heavy atom. The molecule has 1 rings (SSSR count). The fraction of sp³-hybridized carbons (Fsp3) is 0.538. The summed E-state index contributed by atoms with van der Waals surface area (Å²) in [5.74, 6) is 0.823. The van der Waals surface area contributed by atoms with Crippen molar-refractivity contribution in [2.24, 2.45) is 0 Å². The molecule has 0 saturated carbocycles. The molecule has 0 bridgehead atoms. The normalized spacial score (nSPS) is 10.4. The smallest absolute Gasteiger partial charge is 0.126 e. The van der Waals surface area contributed by atoms with Gasteiger partial charge in [-0.15, -0.1) is 0 Å². The Morgan fingerprint density at radius 2 is 2.19 bits per heavy atom. The summed E-state index contributed by atoms with van der Waals surface area (Å²) in [7, 11) is 0. The fourth-order valence-corrected chi connectivity index (χ4v) is 1.60. The minimum atomic E-state index is -0.448. The third kappa shape index (κ3) is 3.81. The van der Waals surface area contributed by atoms with E-state index in [1.165, 1.54) is 0 Å². The summed E-state index contributed by atoms with van der Waals surface area (Å²) in [5, 5.41) is 3.32. The highest BCUT2D eigenvalue weighted by Crippen LogP contribution is 2.23. The molecular weight excluding hydrogens is 205 g/mol. The van der Waals surface area contributed by atoms with Crippen LogP contribution in [0.3, 0.4) is 0 Å². The number of rotatable bonds is 7.